The Morgan fingerprint density at radius 1 is 1.09 bits per heavy atom. The molecular formula is C16H16N4O2S. The maximum atomic E-state index is 13.0. The molecule has 0 spiro atoms. The van der Waals surface area contributed by atoms with Gasteiger partial charge in [-0.25, -0.2) is 13.1 Å². The van der Waals surface area contributed by atoms with Gasteiger partial charge in [0, 0.05) is 24.7 Å². The van der Waals surface area contributed by atoms with E-state index in [1.54, 1.807) is 33.5 Å². The third kappa shape index (κ3) is 2.42. The molecule has 2 aromatic carbocycles. The van der Waals surface area contributed by atoms with Crippen LogP contribution in [0.25, 0.3) is 10.8 Å². The van der Waals surface area contributed by atoms with E-state index < -0.39 is 10.0 Å². The second-order valence-electron chi connectivity index (χ2n) is 5.67. The van der Waals surface area contributed by atoms with E-state index in [-0.39, 0.29) is 6.04 Å². The Morgan fingerprint density at radius 3 is 2.74 bits per heavy atom. The van der Waals surface area contributed by atoms with Crippen molar-refractivity contribution in [2.75, 3.05) is 13.1 Å². The number of sulfonamides is 1. The molecule has 7 heteroatoms. The van der Waals surface area contributed by atoms with Gasteiger partial charge in [-0.1, -0.05) is 41.6 Å². The first kappa shape index (κ1) is 14.3. The summed E-state index contributed by atoms with van der Waals surface area (Å²) in [6, 6.07) is 13.0. The molecule has 2 heterocycles. The van der Waals surface area contributed by atoms with E-state index >= 15 is 0 Å². The Bertz CT molecular complexity index is 932. The first-order valence-corrected chi connectivity index (χ1v) is 8.94. The molecule has 23 heavy (non-hydrogen) atoms. The second-order valence-corrected chi connectivity index (χ2v) is 7.57. The first-order chi connectivity index (χ1) is 11.2. The molecule has 1 fully saturated rings. The SMILES string of the molecule is O=S(=O)(c1cccc2ccccc12)N1CC[C@H](n2ccnn2)C1. The number of benzene rings is 2. The molecule has 4 rings (SSSR count). The standard InChI is InChI=1S/C16H16N4O2S/c21-23(22,16-7-3-5-13-4-1-2-6-15(13)16)19-10-8-14(12-19)20-11-9-17-18-20/h1-7,9,11,14H,8,10,12H2/t14-/m0/s1. The highest BCUT2D eigenvalue weighted by molar-refractivity contribution is 7.89. The van der Waals surface area contributed by atoms with E-state index in [0.717, 1.165) is 17.2 Å². The highest BCUT2D eigenvalue weighted by atomic mass is 32.2. The van der Waals surface area contributed by atoms with Crippen molar-refractivity contribution in [1.29, 1.82) is 0 Å². The van der Waals surface area contributed by atoms with Crippen molar-refractivity contribution < 1.29 is 8.42 Å². The minimum atomic E-state index is -3.52. The van der Waals surface area contributed by atoms with Crippen molar-refractivity contribution in [2.24, 2.45) is 0 Å². The smallest absolute Gasteiger partial charge is 0.243 e. The Hall–Kier alpha value is -2.25. The van der Waals surface area contributed by atoms with E-state index in [1.165, 1.54) is 0 Å². The molecule has 1 saturated heterocycles. The van der Waals surface area contributed by atoms with Crippen molar-refractivity contribution in [3.8, 4) is 0 Å². The summed E-state index contributed by atoms with van der Waals surface area (Å²) in [6.45, 7) is 0.922. The number of aromatic nitrogens is 3. The van der Waals surface area contributed by atoms with Gasteiger partial charge in [0.1, 0.15) is 0 Å². The van der Waals surface area contributed by atoms with Gasteiger partial charge < -0.3 is 0 Å². The van der Waals surface area contributed by atoms with Crippen LogP contribution in [0.2, 0.25) is 0 Å². The highest BCUT2D eigenvalue weighted by Crippen LogP contribution is 2.30. The Morgan fingerprint density at radius 2 is 1.91 bits per heavy atom. The van der Waals surface area contributed by atoms with Gasteiger partial charge in [0.25, 0.3) is 0 Å². The van der Waals surface area contributed by atoms with Gasteiger partial charge in [-0.05, 0) is 17.9 Å². The molecule has 0 amide bonds. The monoisotopic (exact) mass is 328 g/mol. The lowest BCUT2D eigenvalue weighted by Crippen LogP contribution is -2.29. The average molecular weight is 328 g/mol. The summed E-state index contributed by atoms with van der Waals surface area (Å²) in [6.07, 6.45) is 4.13. The predicted octanol–water partition coefficient (Wildman–Crippen LogP) is 2.07. The van der Waals surface area contributed by atoms with Crippen molar-refractivity contribution in [3.63, 3.8) is 0 Å². The zero-order chi connectivity index (χ0) is 15.9. The number of hydrogen-bond donors (Lipinski definition) is 0. The van der Waals surface area contributed by atoms with Crippen LogP contribution in [0.4, 0.5) is 0 Å². The van der Waals surface area contributed by atoms with Crippen molar-refractivity contribution >= 4 is 20.8 Å². The zero-order valence-corrected chi connectivity index (χ0v) is 13.2. The summed E-state index contributed by atoms with van der Waals surface area (Å²) in [7, 11) is -3.52. The van der Waals surface area contributed by atoms with Gasteiger partial charge in [-0.2, -0.15) is 4.31 Å². The summed E-state index contributed by atoms with van der Waals surface area (Å²) in [5, 5.41) is 9.47. The van der Waals surface area contributed by atoms with E-state index in [0.29, 0.717) is 18.0 Å². The van der Waals surface area contributed by atoms with E-state index in [9.17, 15) is 8.42 Å². The van der Waals surface area contributed by atoms with Crippen LogP contribution in [0.1, 0.15) is 12.5 Å². The molecule has 0 saturated carbocycles. The Labute approximate surface area is 134 Å². The van der Waals surface area contributed by atoms with Crippen molar-refractivity contribution in [1.82, 2.24) is 19.3 Å². The molecule has 1 aromatic heterocycles. The van der Waals surface area contributed by atoms with Crippen LogP contribution in [0.5, 0.6) is 0 Å². The molecule has 1 aliphatic rings. The average Bonchev–Trinajstić information content (AvgIpc) is 3.25. The van der Waals surface area contributed by atoms with Crippen LogP contribution in [0.3, 0.4) is 0 Å². The Balaban J connectivity index is 1.70. The molecule has 0 aliphatic carbocycles. The lowest BCUT2D eigenvalue weighted by molar-refractivity contribution is 0.428. The van der Waals surface area contributed by atoms with E-state index in [2.05, 4.69) is 10.3 Å². The fourth-order valence-electron chi connectivity index (χ4n) is 3.12. The summed E-state index contributed by atoms with van der Waals surface area (Å²) in [5.41, 5.74) is 0. The molecular weight excluding hydrogens is 312 g/mol. The van der Waals surface area contributed by atoms with Crippen LogP contribution in [0, 0.1) is 0 Å². The van der Waals surface area contributed by atoms with Crippen LogP contribution in [-0.2, 0) is 10.0 Å². The molecule has 6 nitrogen and oxygen atoms in total. The Kier molecular flexibility index (Phi) is 3.39. The summed E-state index contributed by atoms with van der Waals surface area (Å²) in [4.78, 5) is 0.370. The quantitative estimate of drug-likeness (QED) is 0.738. The van der Waals surface area contributed by atoms with Crippen LogP contribution < -0.4 is 0 Å². The van der Waals surface area contributed by atoms with Gasteiger partial charge in [-0.3, -0.25) is 0 Å². The van der Waals surface area contributed by atoms with Gasteiger partial charge >= 0.3 is 0 Å². The van der Waals surface area contributed by atoms with Gasteiger partial charge in [0.2, 0.25) is 10.0 Å². The molecule has 0 unspecified atom stereocenters. The van der Waals surface area contributed by atoms with Gasteiger partial charge in [0.05, 0.1) is 17.1 Å². The predicted molar refractivity (Wildman–Crippen MR) is 86.4 cm³/mol. The zero-order valence-electron chi connectivity index (χ0n) is 12.4. The van der Waals surface area contributed by atoms with Crippen LogP contribution >= 0.6 is 0 Å². The maximum Gasteiger partial charge on any atom is 0.243 e. The molecule has 118 valence electrons. The van der Waals surface area contributed by atoms with Gasteiger partial charge in [0.15, 0.2) is 0 Å². The number of nitrogens with zero attached hydrogens (tertiary/aromatic N) is 4. The lowest BCUT2D eigenvalue weighted by atomic mass is 10.1. The summed E-state index contributed by atoms with van der Waals surface area (Å²) in [5.74, 6) is 0. The second kappa shape index (κ2) is 5.43. The van der Waals surface area contributed by atoms with Crippen molar-refractivity contribution in [2.45, 2.75) is 17.4 Å². The third-order valence-electron chi connectivity index (χ3n) is 4.31. The molecule has 0 bridgehead atoms. The molecule has 3 aromatic rings. The number of hydrogen-bond acceptors (Lipinski definition) is 4. The molecule has 1 atom stereocenters. The highest BCUT2D eigenvalue weighted by Gasteiger charge is 2.34. The topological polar surface area (TPSA) is 68.1 Å². The maximum absolute atomic E-state index is 13.0. The molecule has 0 radical (unpaired) electrons. The van der Waals surface area contributed by atoms with Crippen LogP contribution in [0.15, 0.2) is 59.8 Å². The van der Waals surface area contributed by atoms with Crippen LogP contribution in [-0.4, -0.2) is 40.8 Å². The summed E-state index contributed by atoms with van der Waals surface area (Å²) >= 11 is 0. The van der Waals surface area contributed by atoms with E-state index in [1.807, 2.05) is 30.3 Å². The molecule has 1 aliphatic heterocycles. The first-order valence-electron chi connectivity index (χ1n) is 7.50. The van der Waals surface area contributed by atoms with Gasteiger partial charge in [-0.15, -0.1) is 5.10 Å². The molecule has 0 N–H and O–H groups in total. The largest absolute Gasteiger partial charge is 0.248 e. The number of fused-ring (bicyclic) bond motifs is 1. The minimum Gasteiger partial charge on any atom is -0.248 e. The normalized spacial score (nSPS) is 19.4. The third-order valence-corrected chi connectivity index (χ3v) is 6.23. The van der Waals surface area contributed by atoms with E-state index in [4.69, 9.17) is 0 Å². The fraction of sp³-hybridized carbons (Fsp3) is 0.250. The minimum absolute atomic E-state index is 0.0438. The summed E-state index contributed by atoms with van der Waals surface area (Å²) < 4.78 is 29.4. The lowest BCUT2D eigenvalue weighted by Gasteiger charge is -2.18. The number of rotatable bonds is 3. The fourth-order valence-corrected chi connectivity index (χ4v) is 4.82. The van der Waals surface area contributed by atoms with Crippen molar-refractivity contribution in [3.05, 3.63) is 54.9 Å².